The molecule has 0 bridgehead atoms. The number of carbonyl (C=O) groups excluding carboxylic acids is 1. The first kappa shape index (κ1) is 14.1. The van der Waals surface area contributed by atoms with E-state index in [2.05, 4.69) is 9.64 Å². The van der Waals surface area contributed by atoms with Gasteiger partial charge in [0, 0.05) is 18.7 Å². The van der Waals surface area contributed by atoms with Crippen molar-refractivity contribution in [2.45, 2.75) is 12.8 Å². The highest BCUT2D eigenvalue weighted by molar-refractivity contribution is 7.14. The van der Waals surface area contributed by atoms with Gasteiger partial charge in [0.25, 0.3) is 6.43 Å². The highest BCUT2D eigenvalue weighted by atomic mass is 32.1. The summed E-state index contributed by atoms with van der Waals surface area (Å²) in [5.41, 5.74) is 1.54. The minimum atomic E-state index is -2.56. The molecule has 104 valence electrons. The molecule has 0 unspecified atom stereocenters. The fraction of sp³-hybridized carbons (Fsp3) is 0.462. The van der Waals surface area contributed by atoms with Gasteiger partial charge in [-0.1, -0.05) is 6.08 Å². The lowest BCUT2D eigenvalue weighted by molar-refractivity contribution is 0.0606. The molecular weight excluding hydrogens is 272 g/mol. The number of alkyl halides is 2. The van der Waals surface area contributed by atoms with Crippen LogP contribution in [0.3, 0.4) is 0 Å². The van der Waals surface area contributed by atoms with E-state index in [1.165, 1.54) is 13.2 Å². The first-order chi connectivity index (χ1) is 9.02. The molecule has 6 heteroatoms. The summed E-state index contributed by atoms with van der Waals surface area (Å²) in [5.74, 6) is -0.549. The molecule has 19 heavy (non-hydrogen) atoms. The highest BCUT2D eigenvalue weighted by Crippen LogP contribution is 2.36. The van der Waals surface area contributed by atoms with Crippen molar-refractivity contribution in [1.82, 2.24) is 4.90 Å². The normalized spacial score (nSPS) is 16.6. The van der Waals surface area contributed by atoms with Gasteiger partial charge in [0.15, 0.2) is 0 Å². The van der Waals surface area contributed by atoms with Crippen molar-refractivity contribution < 1.29 is 18.3 Å². The van der Waals surface area contributed by atoms with Crippen LogP contribution in [0.5, 0.6) is 0 Å². The number of thiophene rings is 1. The molecule has 1 aromatic heterocycles. The van der Waals surface area contributed by atoms with Crippen molar-refractivity contribution in [3.8, 4) is 0 Å². The van der Waals surface area contributed by atoms with Crippen LogP contribution in [0.4, 0.5) is 8.78 Å². The predicted molar refractivity (Wildman–Crippen MR) is 70.7 cm³/mol. The Bertz CT molecular complexity index is 511. The topological polar surface area (TPSA) is 29.5 Å². The van der Waals surface area contributed by atoms with E-state index in [1.54, 1.807) is 0 Å². The largest absolute Gasteiger partial charge is 0.465 e. The Kier molecular flexibility index (Phi) is 4.31. The van der Waals surface area contributed by atoms with E-state index >= 15 is 0 Å². The Hall–Kier alpha value is -1.27. The molecule has 0 saturated heterocycles. The fourth-order valence-corrected chi connectivity index (χ4v) is 2.98. The number of hydrogen-bond donors (Lipinski definition) is 0. The minimum Gasteiger partial charge on any atom is -0.465 e. The van der Waals surface area contributed by atoms with Crippen LogP contribution >= 0.6 is 11.3 Å². The van der Waals surface area contributed by atoms with Crippen molar-refractivity contribution in [2.24, 2.45) is 0 Å². The van der Waals surface area contributed by atoms with Crippen LogP contribution in [0.25, 0.3) is 5.57 Å². The molecule has 1 aliphatic rings. The summed E-state index contributed by atoms with van der Waals surface area (Å²) in [6.45, 7) is 1.61. The molecule has 0 radical (unpaired) electrons. The molecule has 0 aliphatic carbocycles. The molecule has 1 aromatic rings. The Morgan fingerprint density at radius 2 is 2.26 bits per heavy atom. The van der Waals surface area contributed by atoms with Gasteiger partial charge in [-0.3, -0.25) is 0 Å². The summed E-state index contributed by atoms with van der Waals surface area (Å²) >= 11 is 0.816. The minimum absolute atomic E-state index is 0.0878. The third-order valence-electron chi connectivity index (χ3n) is 3.10. The van der Waals surface area contributed by atoms with Crippen LogP contribution in [0.15, 0.2) is 12.1 Å². The lowest BCUT2D eigenvalue weighted by Crippen LogP contribution is -2.23. The van der Waals surface area contributed by atoms with Crippen molar-refractivity contribution in [3.63, 3.8) is 0 Å². The highest BCUT2D eigenvalue weighted by Gasteiger charge is 2.24. The smallest absolute Gasteiger partial charge is 0.348 e. The third kappa shape index (κ3) is 3.01. The molecule has 1 aliphatic heterocycles. The molecule has 0 spiro atoms. The first-order valence-corrected chi connectivity index (χ1v) is 6.72. The van der Waals surface area contributed by atoms with Gasteiger partial charge in [-0.25, -0.2) is 13.6 Å². The molecular formula is C13H15F2NO2S. The maximum absolute atomic E-state index is 12.8. The number of carbonyl (C=O) groups is 1. The van der Waals surface area contributed by atoms with Crippen molar-refractivity contribution in [3.05, 3.63) is 27.5 Å². The van der Waals surface area contributed by atoms with Crippen molar-refractivity contribution >= 4 is 22.9 Å². The van der Waals surface area contributed by atoms with Gasteiger partial charge < -0.3 is 9.64 Å². The average molecular weight is 287 g/mol. The van der Waals surface area contributed by atoms with Crippen LogP contribution in [0.2, 0.25) is 0 Å². The Labute approximate surface area is 114 Å². The summed E-state index contributed by atoms with van der Waals surface area (Å²) in [5, 5.41) is 0. The molecule has 0 aromatic carbocycles. The summed E-state index contributed by atoms with van der Waals surface area (Å²) in [6.07, 6.45) is 0.168. The van der Waals surface area contributed by atoms with E-state index in [0.29, 0.717) is 5.56 Å². The van der Waals surface area contributed by atoms with Gasteiger partial charge in [-0.2, -0.15) is 0 Å². The van der Waals surface area contributed by atoms with Gasteiger partial charge in [0.1, 0.15) is 4.88 Å². The Morgan fingerprint density at radius 1 is 1.53 bits per heavy atom. The summed E-state index contributed by atoms with van der Waals surface area (Å²) in [4.78, 5) is 14.0. The zero-order valence-electron chi connectivity index (χ0n) is 10.8. The van der Waals surface area contributed by atoms with Crippen molar-refractivity contribution in [2.75, 3.05) is 27.2 Å². The van der Waals surface area contributed by atoms with Crippen molar-refractivity contribution in [1.29, 1.82) is 0 Å². The standard InChI is InChI=1S/C13H15F2NO2S/c1-16-5-3-8(4-6-16)9-7-10(12(14)15)19-11(9)13(17)18-2/h3,7,12H,4-6H2,1-2H3. The molecule has 2 rings (SSSR count). The van der Waals surface area contributed by atoms with E-state index in [4.69, 9.17) is 0 Å². The summed E-state index contributed by atoms with van der Waals surface area (Å²) < 4.78 is 30.2. The number of hydrogen-bond acceptors (Lipinski definition) is 4. The van der Waals surface area contributed by atoms with Gasteiger partial charge in [0.2, 0.25) is 0 Å². The van der Waals surface area contributed by atoms with Crippen LogP contribution in [-0.2, 0) is 4.74 Å². The van der Waals surface area contributed by atoms with Crippen LogP contribution in [0, 0.1) is 0 Å². The summed E-state index contributed by atoms with van der Waals surface area (Å²) in [6, 6.07) is 1.42. The molecule has 0 saturated carbocycles. The number of likely N-dealkylation sites (N-methyl/N-ethyl adjacent to an activating group) is 1. The monoisotopic (exact) mass is 287 g/mol. The Balaban J connectivity index is 2.40. The number of methoxy groups -OCH3 is 1. The van der Waals surface area contributed by atoms with Gasteiger partial charge in [-0.05, 0) is 25.1 Å². The third-order valence-corrected chi connectivity index (χ3v) is 4.22. The first-order valence-electron chi connectivity index (χ1n) is 5.91. The van der Waals surface area contributed by atoms with Gasteiger partial charge in [0.05, 0.1) is 12.0 Å². The number of esters is 1. The second kappa shape index (κ2) is 5.79. The zero-order valence-corrected chi connectivity index (χ0v) is 11.6. The molecule has 0 atom stereocenters. The van der Waals surface area contributed by atoms with Crippen LogP contribution in [-0.4, -0.2) is 38.1 Å². The molecule has 0 fully saturated rings. The summed E-state index contributed by atoms with van der Waals surface area (Å²) in [7, 11) is 3.25. The fourth-order valence-electron chi connectivity index (χ4n) is 2.02. The number of nitrogens with zero attached hydrogens (tertiary/aromatic N) is 1. The SMILES string of the molecule is COC(=O)c1sc(C(F)F)cc1C1=CCN(C)CC1. The van der Waals surface area contributed by atoms with E-state index in [9.17, 15) is 13.6 Å². The zero-order chi connectivity index (χ0) is 14.0. The lowest BCUT2D eigenvalue weighted by Gasteiger charge is -2.21. The number of rotatable bonds is 3. The van der Waals surface area contributed by atoms with Gasteiger partial charge in [-0.15, -0.1) is 11.3 Å². The molecule has 0 N–H and O–H groups in total. The predicted octanol–water partition coefficient (Wildman–Crippen LogP) is 3.19. The van der Waals surface area contributed by atoms with Crippen LogP contribution in [0.1, 0.15) is 33.0 Å². The molecule has 3 nitrogen and oxygen atoms in total. The molecule has 2 heterocycles. The van der Waals surface area contributed by atoms with Gasteiger partial charge >= 0.3 is 5.97 Å². The van der Waals surface area contributed by atoms with Crippen LogP contribution < -0.4 is 0 Å². The van der Waals surface area contributed by atoms with E-state index in [-0.39, 0.29) is 9.75 Å². The van der Waals surface area contributed by atoms with E-state index < -0.39 is 12.4 Å². The lowest BCUT2D eigenvalue weighted by atomic mass is 10.00. The number of halogens is 2. The Morgan fingerprint density at radius 3 is 2.79 bits per heavy atom. The maximum Gasteiger partial charge on any atom is 0.348 e. The number of ether oxygens (including phenoxy) is 1. The molecule has 0 amide bonds. The second-order valence-corrected chi connectivity index (χ2v) is 5.51. The van der Waals surface area contributed by atoms with E-state index in [1.807, 2.05) is 13.1 Å². The average Bonchev–Trinajstić information content (AvgIpc) is 2.84. The second-order valence-electron chi connectivity index (χ2n) is 4.43. The van der Waals surface area contributed by atoms with E-state index in [0.717, 1.165) is 36.4 Å². The maximum atomic E-state index is 12.8. The quantitative estimate of drug-likeness (QED) is 0.800.